The van der Waals surface area contributed by atoms with Crippen molar-refractivity contribution in [2.45, 2.75) is 35.0 Å². The highest BCUT2D eigenvalue weighted by Gasteiger charge is 2.34. The number of rotatable bonds is 6. The van der Waals surface area contributed by atoms with Crippen LogP contribution in [0.15, 0.2) is 89.2 Å². The number of nitrogens with zero attached hydrogens (tertiary/aromatic N) is 5. The monoisotopic (exact) mass is 485 g/mol. The summed E-state index contributed by atoms with van der Waals surface area (Å²) in [6, 6.07) is 22.8. The number of carbonyl (C=O) groups excluding carboxylic acids is 1. The molecule has 0 spiro atoms. The van der Waals surface area contributed by atoms with Gasteiger partial charge in [-0.1, -0.05) is 54.2 Å². The van der Waals surface area contributed by atoms with Gasteiger partial charge < -0.3 is 4.90 Å². The average Bonchev–Trinajstić information content (AvgIpc) is 3.66. The van der Waals surface area contributed by atoms with Crippen molar-refractivity contribution in [3.05, 3.63) is 84.7 Å². The highest BCUT2D eigenvalue weighted by molar-refractivity contribution is 8.00. The third-order valence-corrected chi connectivity index (χ3v) is 8.17. The zero-order chi connectivity index (χ0) is 22.9. The smallest absolute Gasteiger partial charge is 0.238 e. The van der Waals surface area contributed by atoms with E-state index < -0.39 is 0 Å². The summed E-state index contributed by atoms with van der Waals surface area (Å²) in [5.74, 6) is 2.05. The Kier molecular flexibility index (Phi) is 5.84. The summed E-state index contributed by atoms with van der Waals surface area (Å²) in [5.41, 5.74) is 3.09. The number of anilines is 1. The summed E-state index contributed by atoms with van der Waals surface area (Å²) in [5, 5.41) is 9.72. The highest BCUT2D eigenvalue weighted by atomic mass is 32.2. The van der Waals surface area contributed by atoms with Gasteiger partial charge in [0, 0.05) is 34.6 Å². The van der Waals surface area contributed by atoms with Crippen LogP contribution in [0.4, 0.5) is 5.69 Å². The molecule has 1 fully saturated rings. The van der Waals surface area contributed by atoms with Crippen LogP contribution >= 0.6 is 23.5 Å². The van der Waals surface area contributed by atoms with Crippen LogP contribution in [0.1, 0.15) is 30.5 Å². The maximum absolute atomic E-state index is 13.7. The van der Waals surface area contributed by atoms with Crippen LogP contribution in [-0.4, -0.2) is 37.2 Å². The molecule has 4 aromatic rings. The zero-order valence-electron chi connectivity index (χ0n) is 18.4. The minimum Gasteiger partial charge on any atom is -0.302 e. The maximum Gasteiger partial charge on any atom is 0.238 e. The van der Waals surface area contributed by atoms with Gasteiger partial charge in [-0.2, -0.15) is 0 Å². The normalized spacial score (nSPS) is 17.4. The van der Waals surface area contributed by atoms with Crippen molar-refractivity contribution >= 4 is 35.1 Å². The molecule has 0 N–H and O–H groups in total. The molecule has 1 amide bonds. The summed E-state index contributed by atoms with van der Waals surface area (Å²) >= 11 is 3.29. The van der Waals surface area contributed by atoms with E-state index in [1.54, 1.807) is 6.20 Å². The standard InChI is InChI=1S/C26H23N5OS2/c32-24(17-34-26-29-28-25(30(26)20-12-13-20)19-9-6-14-27-15-19)31-21-10-4-5-11-23(21)33-16-22(31)18-7-2-1-3-8-18/h1-11,14-15,20,22H,12-13,16-17H2/t22-/m0/s1. The minimum absolute atomic E-state index is 0.00135. The van der Waals surface area contributed by atoms with Crippen LogP contribution in [0.25, 0.3) is 11.4 Å². The first-order valence-corrected chi connectivity index (χ1v) is 13.3. The molecule has 3 heterocycles. The van der Waals surface area contributed by atoms with E-state index in [1.807, 2.05) is 71.4 Å². The number of thioether (sulfide) groups is 2. The summed E-state index contributed by atoms with van der Waals surface area (Å²) in [7, 11) is 0. The molecule has 6 rings (SSSR count). The largest absolute Gasteiger partial charge is 0.302 e. The Morgan fingerprint density at radius 1 is 1.00 bits per heavy atom. The second-order valence-electron chi connectivity index (χ2n) is 8.41. The molecule has 1 aliphatic carbocycles. The van der Waals surface area contributed by atoms with Crippen LogP contribution in [0.2, 0.25) is 0 Å². The fraction of sp³-hybridized carbons (Fsp3) is 0.231. The van der Waals surface area contributed by atoms with Crippen LogP contribution < -0.4 is 4.90 Å². The molecule has 0 radical (unpaired) electrons. The van der Waals surface area contributed by atoms with Gasteiger partial charge in [-0.25, -0.2) is 0 Å². The van der Waals surface area contributed by atoms with Crippen molar-refractivity contribution in [2.24, 2.45) is 0 Å². The lowest BCUT2D eigenvalue weighted by Gasteiger charge is -2.37. The first-order chi connectivity index (χ1) is 16.8. The Morgan fingerprint density at radius 3 is 2.62 bits per heavy atom. The Hall–Kier alpha value is -3.10. The molecule has 2 aromatic heterocycles. The van der Waals surface area contributed by atoms with Crippen LogP contribution in [0.3, 0.4) is 0 Å². The summed E-state index contributed by atoms with van der Waals surface area (Å²) in [4.78, 5) is 21.1. The molecule has 1 aliphatic heterocycles. The quantitative estimate of drug-likeness (QED) is 0.329. The van der Waals surface area contributed by atoms with Gasteiger partial charge in [0.1, 0.15) is 0 Å². The van der Waals surface area contributed by atoms with Crippen LogP contribution in [0.5, 0.6) is 0 Å². The number of para-hydroxylation sites is 1. The lowest BCUT2D eigenvalue weighted by atomic mass is 10.1. The number of amides is 1. The first kappa shape index (κ1) is 21.4. The third kappa shape index (κ3) is 4.12. The Balaban J connectivity index is 1.28. The second-order valence-corrected chi connectivity index (χ2v) is 10.4. The molecule has 0 unspecified atom stereocenters. The molecule has 2 aromatic carbocycles. The maximum atomic E-state index is 13.7. The molecule has 34 heavy (non-hydrogen) atoms. The van der Waals surface area contributed by atoms with Gasteiger partial charge in [0.2, 0.25) is 5.91 Å². The Labute approximate surface area is 206 Å². The van der Waals surface area contributed by atoms with Crippen LogP contribution in [-0.2, 0) is 4.79 Å². The van der Waals surface area contributed by atoms with E-state index in [9.17, 15) is 4.79 Å². The van der Waals surface area contributed by atoms with Crippen LogP contribution in [0, 0.1) is 0 Å². The van der Waals surface area contributed by atoms with Gasteiger partial charge in [0.05, 0.1) is 17.5 Å². The number of carbonyl (C=O) groups is 1. The van der Waals surface area contributed by atoms with Crippen molar-refractivity contribution in [3.8, 4) is 11.4 Å². The number of pyridine rings is 1. The molecule has 0 bridgehead atoms. The van der Waals surface area contributed by atoms with Crippen molar-refractivity contribution in [1.29, 1.82) is 0 Å². The van der Waals surface area contributed by atoms with E-state index in [0.717, 1.165) is 51.3 Å². The Morgan fingerprint density at radius 2 is 1.82 bits per heavy atom. The van der Waals surface area contributed by atoms with Crippen molar-refractivity contribution in [3.63, 3.8) is 0 Å². The van der Waals surface area contributed by atoms with Gasteiger partial charge in [-0.15, -0.1) is 22.0 Å². The number of benzene rings is 2. The zero-order valence-corrected chi connectivity index (χ0v) is 20.1. The molecule has 170 valence electrons. The number of aromatic nitrogens is 4. The van der Waals surface area contributed by atoms with E-state index in [-0.39, 0.29) is 11.9 Å². The number of hydrogen-bond donors (Lipinski definition) is 0. The van der Waals surface area contributed by atoms with E-state index in [4.69, 9.17) is 0 Å². The van der Waals surface area contributed by atoms with Crippen molar-refractivity contribution in [1.82, 2.24) is 19.7 Å². The fourth-order valence-corrected chi connectivity index (χ4v) is 6.38. The predicted molar refractivity (Wildman–Crippen MR) is 136 cm³/mol. The van der Waals surface area contributed by atoms with E-state index >= 15 is 0 Å². The van der Waals surface area contributed by atoms with Gasteiger partial charge in [-0.05, 0) is 42.7 Å². The minimum atomic E-state index is 0.00135. The topological polar surface area (TPSA) is 63.9 Å². The van der Waals surface area contributed by atoms with Gasteiger partial charge in [0.15, 0.2) is 11.0 Å². The average molecular weight is 486 g/mol. The molecule has 0 saturated heterocycles. The van der Waals surface area contributed by atoms with E-state index in [0.29, 0.717) is 11.8 Å². The van der Waals surface area contributed by atoms with Gasteiger partial charge in [-0.3, -0.25) is 14.3 Å². The molecule has 1 atom stereocenters. The lowest BCUT2D eigenvalue weighted by Crippen LogP contribution is -2.39. The predicted octanol–water partition coefficient (Wildman–Crippen LogP) is 5.65. The highest BCUT2D eigenvalue weighted by Crippen LogP contribution is 2.44. The van der Waals surface area contributed by atoms with Crippen molar-refractivity contribution < 1.29 is 4.79 Å². The molecule has 8 heteroatoms. The Bertz CT molecular complexity index is 1310. The molecule has 2 aliphatic rings. The second kappa shape index (κ2) is 9.27. The summed E-state index contributed by atoms with van der Waals surface area (Å²) in [6.07, 6.45) is 5.79. The third-order valence-electron chi connectivity index (χ3n) is 6.11. The first-order valence-electron chi connectivity index (χ1n) is 11.4. The fourth-order valence-electron chi connectivity index (χ4n) is 4.34. The molecule has 6 nitrogen and oxygen atoms in total. The number of fused-ring (bicyclic) bond motifs is 1. The molecule has 1 saturated carbocycles. The van der Waals surface area contributed by atoms with E-state index in [2.05, 4.69) is 37.9 Å². The van der Waals surface area contributed by atoms with Gasteiger partial charge >= 0.3 is 0 Å². The molecular weight excluding hydrogens is 462 g/mol. The molecular formula is C26H23N5OS2. The SMILES string of the molecule is O=C(CSc1nnc(-c2cccnc2)n1C1CC1)N1c2ccccc2SC[C@H]1c1ccccc1. The summed E-state index contributed by atoms with van der Waals surface area (Å²) in [6.45, 7) is 0. The van der Waals surface area contributed by atoms with Gasteiger partial charge in [0.25, 0.3) is 0 Å². The number of hydrogen-bond acceptors (Lipinski definition) is 6. The van der Waals surface area contributed by atoms with Crippen molar-refractivity contribution in [2.75, 3.05) is 16.4 Å². The summed E-state index contributed by atoms with van der Waals surface area (Å²) < 4.78 is 2.18. The van der Waals surface area contributed by atoms with E-state index in [1.165, 1.54) is 11.8 Å². The lowest BCUT2D eigenvalue weighted by molar-refractivity contribution is -0.116.